The van der Waals surface area contributed by atoms with Gasteiger partial charge in [-0.05, 0) is 46.7 Å². The van der Waals surface area contributed by atoms with Crippen molar-refractivity contribution in [1.29, 1.82) is 0 Å². The third kappa shape index (κ3) is 5.41. The average molecular weight is 515 g/mol. The minimum absolute atomic E-state index is 0.0720. The third-order valence-electron chi connectivity index (χ3n) is 4.88. The lowest BCUT2D eigenvalue weighted by molar-refractivity contribution is -0.384. The zero-order chi connectivity index (χ0) is 24.2. The molecule has 0 saturated carbocycles. The molecule has 3 aromatic carbocycles. The summed E-state index contributed by atoms with van der Waals surface area (Å²) in [6, 6.07) is 18.5. The molecule has 0 atom stereocenters. The number of non-ortho nitro benzene ring substituents is 1. The van der Waals surface area contributed by atoms with E-state index >= 15 is 0 Å². The van der Waals surface area contributed by atoms with Gasteiger partial charge in [0, 0.05) is 12.1 Å². The van der Waals surface area contributed by atoms with Crippen molar-refractivity contribution in [3.05, 3.63) is 108 Å². The van der Waals surface area contributed by atoms with E-state index in [1.807, 2.05) is 30.3 Å². The van der Waals surface area contributed by atoms with E-state index in [4.69, 9.17) is 27.9 Å². The highest BCUT2D eigenvalue weighted by Crippen LogP contribution is 2.38. The van der Waals surface area contributed by atoms with Gasteiger partial charge in [-0.1, -0.05) is 65.7 Å². The van der Waals surface area contributed by atoms with Gasteiger partial charge in [-0.25, -0.2) is 0 Å². The first-order chi connectivity index (χ1) is 16.3. The van der Waals surface area contributed by atoms with Crippen LogP contribution in [0.4, 0.5) is 10.5 Å². The fourth-order valence-corrected chi connectivity index (χ4v) is 4.72. The van der Waals surface area contributed by atoms with E-state index in [9.17, 15) is 19.7 Å². The van der Waals surface area contributed by atoms with Crippen LogP contribution in [-0.4, -0.2) is 21.0 Å². The largest absolute Gasteiger partial charge is 0.486 e. The minimum Gasteiger partial charge on any atom is -0.486 e. The molecule has 0 radical (unpaired) electrons. The summed E-state index contributed by atoms with van der Waals surface area (Å²) in [4.78, 5) is 37.0. The molecule has 0 bridgehead atoms. The summed E-state index contributed by atoms with van der Waals surface area (Å²) in [5.74, 6) is -0.179. The van der Waals surface area contributed by atoms with Crippen LogP contribution in [0.5, 0.6) is 5.75 Å². The van der Waals surface area contributed by atoms with Crippen molar-refractivity contribution < 1.29 is 19.2 Å². The number of carbonyl (C=O) groups excluding carboxylic acids is 2. The number of nitro groups is 1. The minimum atomic E-state index is -0.530. The maximum atomic E-state index is 12.8. The number of ether oxygens (including phenoxy) is 1. The van der Waals surface area contributed by atoms with Crippen LogP contribution in [0.3, 0.4) is 0 Å². The summed E-state index contributed by atoms with van der Waals surface area (Å²) in [5, 5.41) is 11.0. The van der Waals surface area contributed by atoms with Gasteiger partial charge in [-0.3, -0.25) is 24.6 Å². The van der Waals surface area contributed by atoms with Crippen molar-refractivity contribution in [3.8, 4) is 5.75 Å². The number of benzene rings is 3. The van der Waals surface area contributed by atoms with Gasteiger partial charge in [-0.2, -0.15) is 0 Å². The van der Waals surface area contributed by atoms with E-state index in [1.54, 1.807) is 18.2 Å². The highest BCUT2D eigenvalue weighted by Gasteiger charge is 2.35. The van der Waals surface area contributed by atoms with Crippen LogP contribution >= 0.6 is 35.0 Å². The van der Waals surface area contributed by atoms with E-state index in [2.05, 4.69) is 0 Å². The number of nitro benzene ring substituents is 1. The lowest BCUT2D eigenvalue weighted by Gasteiger charge is -2.12. The molecule has 7 nitrogen and oxygen atoms in total. The second kappa shape index (κ2) is 10.3. The molecule has 1 aliphatic heterocycles. The Bertz CT molecular complexity index is 1290. The van der Waals surface area contributed by atoms with Gasteiger partial charge in [-0.15, -0.1) is 0 Å². The van der Waals surface area contributed by atoms with Crippen LogP contribution in [-0.2, 0) is 17.9 Å². The number of amides is 2. The van der Waals surface area contributed by atoms with Gasteiger partial charge < -0.3 is 4.74 Å². The molecule has 34 heavy (non-hydrogen) atoms. The quantitative estimate of drug-likeness (QED) is 0.197. The zero-order valence-corrected chi connectivity index (χ0v) is 19.8. The molecular weight excluding hydrogens is 499 g/mol. The fraction of sp³-hybridized carbons (Fsp3) is 0.0833. The number of imide groups is 1. The van der Waals surface area contributed by atoms with Crippen molar-refractivity contribution in [2.75, 3.05) is 0 Å². The second-order valence-electron chi connectivity index (χ2n) is 7.28. The summed E-state index contributed by atoms with van der Waals surface area (Å²) in [7, 11) is 0. The van der Waals surface area contributed by atoms with Crippen LogP contribution in [0.1, 0.15) is 16.7 Å². The number of halogens is 2. The van der Waals surface area contributed by atoms with Gasteiger partial charge in [0.2, 0.25) is 0 Å². The Hall–Kier alpha value is -3.33. The molecule has 172 valence electrons. The smallest absolute Gasteiger partial charge is 0.293 e. The summed E-state index contributed by atoms with van der Waals surface area (Å²) in [5.41, 5.74) is 1.85. The van der Waals surface area contributed by atoms with E-state index in [-0.39, 0.29) is 33.8 Å². The molecular formula is C24H16Cl2N2O5S. The summed E-state index contributed by atoms with van der Waals surface area (Å²) in [6.45, 7) is 0.216. The van der Waals surface area contributed by atoms with Crippen LogP contribution < -0.4 is 4.74 Å². The number of nitrogens with zero attached hydrogens (tertiary/aromatic N) is 2. The Morgan fingerprint density at radius 3 is 2.32 bits per heavy atom. The van der Waals surface area contributed by atoms with Gasteiger partial charge in [0.25, 0.3) is 16.8 Å². The van der Waals surface area contributed by atoms with Crippen molar-refractivity contribution in [2.45, 2.75) is 13.2 Å². The van der Waals surface area contributed by atoms with E-state index in [1.165, 1.54) is 24.3 Å². The van der Waals surface area contributed by atoms with Crippen LogP contribution in [0, 0.1) is 10.1 Å². The monoisotopic (exact) mass is 514 g/mol. The third-order valence-corrected chi connectivity index (χ3v) is 6.35. The first-order valence-corrected chi connectivity index (χ1v) is 11.5. The highest BCUT2D eigenvalue weighted by molar-refractivity contribution is 8.18. The Kier molecular flexibility index (Phi) is 7.21. The first-order valence-electron chi connectivity index (χ1n) is 9.96. The molecule has 3 aromatic rings. The Balaban J connectivity index is 1.50. The molecule has 1 heterocycles. The summed E-state index contributed by atoms with van der Waals surface area (Å²) in [6.07, 6.45) is 1.52. The van der Waals surface area contributed by atoms with Gasteiger partial charge in [0.05, 0.1) is 26.4 Å². The molecule has 0 N–H and O–H groups in total. The fourth-order valence-electron chi connectivity index (χ4n) is 3.27. The van der Waals surface area contributed by atoms with Crippen molar-refractivity contribution in [3.63, 3.8) is 0 Å². The molecule has 2 amide bonds. The van der Waals surface area contributed by atoms with E-state index in [0.29, 0.717) is 16.9 Å². The normalized spacial score (nSPS) is 14.6. The molecule has 0 aliphatic carbocycles. The SMILES string of the molecule is O=C1S/C(=C/c2cc(Cl)c(OCc3ccccc3)c(Cl)c2)C(=O)N1Cc1cccc([N+](=O)[O-])c1. The van der Waals surface area contributed by atoms with Crippen molar-refractivity contribution in [1.82, 2.24) is 4.90 Å². The Labute approximate surface area is 209 Å². The summed E-state index contributed by atoms with van der Waals surface area (Å²) >= 11 is 13.5. The first kappa shape index (κ1) is 23.8. The maximum Gasteiger partial charge on any atom is 0.293 e. The molecule has 4 rings (SSSR count). The molecule has 1 aliphatic rings. The van der Waals surface area contributed by atoms with Gasteiger partial charge in [0.1, 0.15) is 6.61 Å². The molecule has 10 heteroatoms. The Morgan fingerprint density at radius 2 is 1.65 bits per heavy atom. The highest BCUT2D eigenvalue weighted by atomic mass is 35.5. The topological polar surface area (TPSA) is 89.8 Å². The van der Waals surface area contributed by atoms with Gasteiger partial charge >= 0.3 is 0 Å². The van der Waals surface area contributed by atoms with Gasteiger partial charge in [0.15, 0.2) is 5.75 Å². The summed E-state index contributed by atoms with van der Waals surface area (Å²) < 4.78 is 5.76. The second-order valence-corrected chi connectivity index (χ2v) is 9.09. The number of hydrogen-bond donors (Lipinski definition) is 0. The Morgan fingerprint density at radius 1 is 0.971 bits per heavy atom. The van der Waals surface area contributed by atoms with Crippen LogP contribution in [0.15, 0.2) is 71.6 Å². The lowest BCUT2D eigenvalue weighted by atomic mass is 10.1. The van der Waals surface area contributed by atoms with E-state index < -0.39 is 16.1 Å². The lowest BCUT2D eigenvalue weighted by Crippen LogP contribution is -2.27. The maximum absolute atomic E-state index is 12.8. The molecule has 0 spiro atoms. The van der Waals surface area contributed by atoms with Crippen LogP contribution in [0.25, 0.3) is 6.08 Å². The molecule has 0 unspecified atom stereocenters. The van der Waals surface area contributed by atoms with Crippen molar-refractivity contribution >= 4 is 57.9 Å². The van der Waals surface area contributed by atoms with E-state index in [0.717, 1.165) is 22.2 Å². The standard InChI is InChI=1S/C24H16Cl2N2O5S/c25-19-10-17(11-20(26)22(19)33-14-15-5-2-1-3-6-15)12-21-23(29)27(24(30)34-21)13-16-7-4-8-18(9-16)28(31)32/h1-12H,13-14H2/b21-12+. The molecule has 0 aromatic heterocycles. The average Bonchev–Trinajstić information content (AvgIpc) is 3.06. The van der Waals surface area contributed by atoms with Crippen LogP contribution in [0.2, 0.25) is 10.0 Å². The molecule has 1 saturated heterocycles. The van der Waals surface area contributed by atoms with Crippen molar-refractivity contribution in [2.24, 2.45) is 0 Å². The predicted octanol–water partition coefficient (Wildman–Crippen LogP) is 6.72. The number of rotatable bonds is 7. The number of hydrogen-bond acceptors (Lipinski definition) is 6. The zero-order valence-electron chi connectivity index (χ0n) is 17.4. The predicted molar refractivity (Wildman–Crippen MR) is 132 cm³/mol. The number of carbonyl (C=O) groups is 2. The molecule has 1 fully saturated rings. The number of thioether (sulfide) groups is 1.